The molecule has 2 N–H and O–H groups in total. The van der Waals surface area contributed by atoms with E-state index in [2.05, 4.69) is 15.3 Å². The van der Waals surface area contributed by atoms with Gasteiger partial charge in [-0.3, -0.25) is 4.79 Å². The zero-order valence-corrected chi connectivity index (χ0v) is 14.1. The predicted octanol–water partition coefficient (Wildman–Crippen LogP) is 0.818. The van der Waals surface area contributed by atoms with Crippen molar-refractivity contribution in [2.75, 3.05) is 33.4 Å². The number of imidazole rings is 1. The molecular weight excluding hydrogens is 322 g/mol. The number of fused-ring (bicyclic) bond motifs is 2. The molecule has 25 heavy (non-hydrogen) atoms. The number of rotatable bonds is 4. The van der Waals surface area contributed by atoms with Gasteiger partial charge in [0.15, 0.2) is 0 Å². The summed E-state index contributed by atoms with van der Waals surface area (Å²) in [5.74, 6) is -0.0143. The van der Waals surface area contributed by atoms with Crippen LogP contribution < -0.4 is 5.32 Å². The number of ether oxygens (including phenoxy) is 1. The lowest BCUT2D eigenvalue weighted by Gasteiger charge is -2.36. The second kappa shape index (κ2) is 6.36. The van der Waals surface area contributed by atoms with E-state index in [9.17, 15) is 9.59 Å². The minimum atomic E-state index is -0.0692. The topological polar surface area (TPSA) is 90.6 Å². The molecule has 0 bridgehead atoms. The SMILES string of the molecule is COCCN1C(=O)N[C@@H]2CN(C(=O)c3ccc4nc[nH]c4c3)CC[C@@H]21. The van der Waals surface area contributed by atoms with E-state index in [0.29, 0.717) is 31.8 Å². The Morgan fingerprint density at radius 1 is 1.44 bits per heavy atom. The number of hydrogen-bond donors (Lipinski definition) is 2. The fourth-order valence-corrected chi connectivity index (χ4v) is 3.74. The van der Waals surface area contributed by atoms with Crippen molar-refractivity contribution in [3.05, 3.63) is 30.1 Å². The Balaban J connectivity index is 1.47. The number of benzene rings is 1. The number of aromatic amines is 1. The fourth-order valence-electron chi connectivity index (χ4n) is 3.74. The highest BCUT2D eigenvalue weighted by atomic mass is 16.5. The van der Waals surface area contributed by atoms with Crippen molar-refractivity contribution in [1.82, 2.24) is 25.1 Å². The first kappa shape index (κ1) is 15.9. The van der Waals surface area contributed by atoms with Gasteiger partial charge in [0.05, 0.1) is 36.1 Å². The van der Waals surface area contributed by atoms with Crippen molar-refractivity contribution in [2.45, 2.75) is 18.5 Å². The van der Waals surface area contributed by atoms with E-state index < -0.39 is 0 Å². The van der Waals surface area contributed by atoms with Crippen LogP contribution in [0, 0.1) is 0 Å². The van der Waals surface area contributed by atoms with E-state index in [1.165, 1.54) is 0 Å². The number of amides is 3. The van der Waals surface area contributed by atoms with Crippen LogP contribution in [0.4, 0.5) is 4.79 Å². The van der Waals surface area contributed by atoms with Gasteiger partial charge in [0.2, 0.25) is 0 Å². The molecule has 4 rings (SSSR count). The summed E-state index contributed by atoms with van der Waals surface area (Å²) >= 11 is 0. The van der Waals surface area contributed by atoms with Crippen LogP contribution in [0.2, 0.25) is 0 Å². The normalized spacial score (nSPS) is 23.0. The summed E-state index contributed by atoms with van der Waals surface area (Å²) < 4.78 is 5.08. The second-order valence-electron chi connectivity index (χ2n) is 6.48. The van der Waals surface area contributed by atoms with Crippen molar-refractivity contribution in [2.24, 2.45) is 0 Å². The molecule has 3 heterocycles. The largest absolute Gasteiger partial charge is 0.383 e. The first-order chi connectivity index (χ1) is 12.2. The maximum Gasteiger partial charge on any atom is 0.318 e. The standard InChI is InChI=1S/C17H21N5O3/c1-25-7-6-22-15-4-5-21(9-14(15)20-17(22)24)16(23)11-2-3-12-13(8-11)19-10-18-12/h2-3,8,10,14-15H,4-7,9H2,1H3,(H,18,19)(H,20,24)/t14-,15+/m1/s1. The van der Waals surface area contributed by atoms with Crippen molar-refractivity contribution in [3.63, 3.8) is 0 Å². The second-order valence-corrected chi connectivity index (χ2v) is 6.48. The van der Waals surface area contributed by atoms with E-state index in [4.69, 9.17) is 4.74 Å². The van der Waals surface area contributed by atoms with Crippen molar-refractivity contribution in [1.29, 1.82) is 0 Å². The summed E-state index contributed by atoms with van der Waals surface area (Å²) in [6.45, 7) is 2.26. The van der Waals surface area contributed by atoms with E-state index in [0.717, 1.165) is 17.5 Å². The summed E-state index contributed by atoms with van der Waals surface area (Å²) in [7, 11) is 1.63. The van der Waals surface area contributed by atoms with Gasteiger partial charge >= 0.3 is 6.03 Å². The number of carbonyl (C=O) groups excluding carboxylic acids is 2. The van der Waals surface area contributed by atoms with E-state index in [1.54, 1.807) is 19.5 Å². The zero-order valence-electron chi connectivity index (χ0n) is 14.1. The number of hydrogen-bond acceptors (Lipinski definition) is 4. The molecule has 2 aliphatic heterocycles. The van der Waals surface area contributed by atoms with Gasteiger partial charge in [-0.2, -0.15) is 0 Å². The van der Waals surface area contributed by atoms with Crippen LogP contribution in [0.25, 0.3) is 11.0 Å². The highest BCUT2D eigenvalue weighted by molar-refractivity contribution is 5.97. The van der Waals surface area contributed by atoms with E-state index in [1.807, 2.05) is 21.9 Å². The number of urea groups is 1. The van der Waals surface area contributed by atoms with Crippen LogP contribution in [0.3, 0.4) is 0 Å². The van der Waals surface area contributed by atoms with Gasteiger partial charge in [-0.15, -0.1) is 0 Å². The maximum absolute atomic E-state index is 12.8. The van der Waals surface area contributed by atoms with Gasteiger partial charge in [-0.1, -0.05) is 0 Å². The maximum atomic E-state index is 12.8. The molecule has 132 valence electrons. The number of H-pyrrole nitrogens is 1. The average Bonchev–Trinajstić information content (AvgIpc) is 3.21. The van der Waals surface area contributed by atoms with Gasteiger partial charge in [-0.25, -0.2) is 9.78 Å². The molecule has 1 aromatic carbocycles. The Labute approximate surface area is 145 Å². The van der Waals surface area contributed by atoms with Crippen LogP contribution >= 0.6 is 0 Å². The predicted molar refractivity (Wildman–Crippen MR) is 91.3 cm³/mol. The fraction of sp³-hybridized carbons (Fsp3) is 0.471. The monoisotopic (exact) mass is 343 g/mol. The first-order valence-electron chi connectivity index (χ1n) is 8.46. The summed E-state index contributed by atoms with van der Waals surface area (Å²) in [5.41, 5.74) is 2.32. The molecule has 0 unspecified atom stereocenters. The Morgan fingerprint density at radius 3 is 3.16 bits per heavy atom. The lowest BCUT2D eigenvalue weighted by Crippen LogP contribution is -2.53. The van der Waals surface area contributed by atoms with E-state index >= 15 is 0 Å². The Kier molecular flexibility index (Phi) is 4.04. The Hall–Kier alpha value is -2.61. The van der Waals surface area contributed by atoms with Crippen LogP contribution in [0.1, 0.15) is 16.8 Å². The molecule has 0 saturated carbocycles. The van der Waals surface area contributed by atoms with E-state index in [-0.39, 0.29) is 24.0 Å². The Bertz CT molecular complexity index is 804. The summed E-state index contributed by atoms with van der Waals surface area (Å²) in [4.78, 5) is 35.8. The quantitative estimate of drug-likeness (QED) is 0.860. The smallest absolute Gasteiger partial charge is 0.318 e. The number of piperidine rings is 1. The van der Waals surface area contributed by atoms with Crippen LogP contribution in [-0.4, -0.2) is 77.1 Å². The third-order valence-electron chi connectivity index (χ3n) is 5.04. The van der Waals surface area contributed by atoms with Crippen LogP contribution in [0.15, 0.2) is 24.5 Å². The van der Waals surface area contributed by atoms with Crippen molar-refractivity contribution >= 4 is 23.0 Å². The number of likely N-dealkylation sites (tertiary alicyclic amines) is 1. The molecule has 2 fully saturated rings. The van der Waals surface area contributed by atoms with Crippen molar-refractivity contribution in [3.8, 4) is 0 Å². The van der Waals surface area contributed by atoms with Gasteiger partial charge in [0.1, 0.15) is 0 Å². The highest BCUT2D eigenvalue weighted by Gasteiger charge is 2.43. The lowest BCUT2D eigenvalue weighted by molar-refractivity contribution is 0.0642. The number of carbonyl (C=O) groups is 2. The molecular formula is C17H21N5O3. The van der Waals surface area contributed by atoms with Gasteiger partial charge in [-0.05, 0) is 24.6 Å². The Morgan fingerprint density at radius 2 is 2.32 bits per heavy atom. The molecule has 0 radical (unpaired) electrons. The molecule has 0 aliphatic carbocycles. The molecule has 2 atom stereocenters. The van der Waals surface area contributed by atoms with Crippen LogP contribution in [0.5, 0.6) is 0 Å². The van der Waals surface area contributed by atoms with Crippen LogP contribution in [-0.2, 0) is 4.74 Å². The molecule has 0 spiro atoms. The lowest BCUT2D eigenvalue weighted by atomic mass is 9.99. The third kappa shape index (κ3) is 2.82. The van der Waals surface area contributed by atoms with Gasteiger partial charge in [0.25, 0.3) is 5.91 Å². The first-order valence-corrected chi connectivity index (χ1v) is 8.46. The molecule has 8 nitrogen and oxygen atoms in total. The molecule has 2 aliphatic rings. The summed E-state index contributed by atoms with van der Waals surface area (Å²) in [6, 6.07) is 5.50. The van der Waals surface area contributed by atoms with Crippen molar-refractivity contribution < 1.29 is 14.3 Å². The summed E-state index contributed by atoms with van der Waals surface area (Å²) in [6.07, 6.45) is 2.39. The zero-order chi connectivity index (χ0) is 17.4. The van der Waals surface area contributed by atoms with Gasteiger partial charge in [0, 0.05) is 32.3 Å². The number of nitrogens with one attached hydrogen (secondary N) is 2. The third-order valence-corrected chi connectivity index (χ3v) is 5.04. The number of methoxy groups -OCH3 is 1. The highest BCUT2D eigenvalue weighted by Crippen LogP contribution is 2.24. The minimum absolute atomic E-state index is 0.0143. The minimum Gasteiger partial charge on any atom is -0.383 e. The molecule has 3 amide bonds. The number of aromatic nitrogens is 2. The molecule has 1 aromatic heterocycles. The molecule has 2 aromatic rings. The summed E-state index contributed by atoms with van der Waals surface area (Å²) in [5, 5.41) is 3.00. The van der Waals surface area contributed by atoms with Gasteiger partial charge < -0.3 is 24.8 Å². The molecule has 8 heteroatoms. The number of nitrogens with zero attached hydrogens (tertiary/aromatic N) is 3. The molecule has 2 saturated heterocycles. The average molecular weight is 343 g/mol.